The summed E-state index contributed by atoms with van der Waals surface area (Å²) in [5.74, 6) is -1.34. The van der Waals surface area contributed by atoms with Crippen LogP contribution in [0.4, 0.5) is 0 Å². The Bertz CT molecular complexity index is 274. The molecule has 0 bridgehead atoms. The number of carbonyl (C=O) groups excluding carboxylic acids is 2. The highest BCUT2D eigenvalue weighted by Crippen LogP contribution is 2.08. The number of rotatable bonds is 7. The quantitative estimate of drug-likeness (QED) is 0.364. The third kappa shape index (κ3) is 11.7. The molecule has 0 saturated heterocycles. The van der Waals surface area contributed by atoms with Gasteiger partial charge in [-0.25, -0.2) is 0 Å². The lowest BCUT2D eigenvalue weighted by Gasteiger charge is -2.29. The number of carboxylic acids is 1. The summed E-state index contributed by atoms with van der Waals surface area (Å²) in [7, 11) is 5.75. The minimum atomic E-state index is -1.19. The average molecular weight is 281 g/mol. The molecule has 0 fully saturated rings. The van der Waals surface area contributed by atoms with Crippen LogP contribution in [0.5, 0.6) is 0 Å². The van der Waals surface area contributed by atoms with Crippen LogP contribution in [0.3, 0.4) is 0 Å². The number of likely N-dealkylation sites (N-methyl/N-ethyl adjacent to an activating group) is 1. The van der Waals surface area contributed by atoms with E-state index in [1.165, 1.54) is 0 Å². The fourth-order valence-corrected chi connectivity index (χ4v) is 1.51. The van der Waals surface area contributed by atoms with Crippen LogP contribution in [0.15, 0.2) is 0 Å². The second-order valence-corrected chi connectivity index (χ2v) is 5.76. The highest BCUT2D eigenvalue weighted by atomic mass is 35.5. The van der Waals surface area contributed by atoms with Crippen LogP contribution in [0.2, 0.25) is 0 Å². The number of carboxylic acid groups (broad SMARTS) is 1. The summed E-state index contributed by atoms with van der Waals surface area (Å²) in [4.78, 5) is 22.1. The first-order valence-corrected chi connectivity index (χ1v) is 5.80. The highest BCUT2D eigenvalue weighted by Gasteiger charge is 2.22. The molecule has 0 radical (unpaired) electrons. The number of quaternary nitrogens is 1. The van der Waals surface area contributed by atoms with Crippen LogP contribution in [-0.2, 0) is 14.3 Å². The molecule has 0 unspecified atom stereocenters. The van der Waals surface area contributed by atoms with Crippen LogP contribution in [-0.4, -0.2) is 50.2 Å². The Balaban J connectivity index is 0. The van der Waals surface area contributed by atoms with Crippen molar-refractivity contribution in [1.29, 1.82) is 0 Å². The summed E-state index contributed by atoms with van der Waals surface area (Å²) in [6, 6.07) is 0. The first-order chi connectivity index (χ1) is 7.60. The van der Waals surface area contributed by atoms with E-state index in [4.69, 9.17) is 4.74 Å². The number of halogens is 1. The van der Waals surface area contributed by atoms with Gasteiger partial charge in [0.2, 0.25) is 0 Å². The number of hydrogen-bond acceptors (Lipinski definition) is 4. The fraction of sp³-hybridized carbons (Fsp3) is 0.833. The summed E-state index contributed by atoms with van der Waals surface area (Å²) in [6.45, 7) is 4.28. The van der Waals surface area contributed by atoms with Crippen LogP contribution in [0.25, 0.3) is 0 Å². The summed E-state index contributed by atoms with van der Waals surface area (Å²) < 4.78 is 5.71. The molecular weight excluding hydrogens is 258 g/mol. The third-order valence-corrected chi connectivity index (χ3v) is 2.02. The summed E-state index contributed by atoms with van der Waals surface area (Å²) in [5, 5.41) is 10.6. The monoisotopic (exact) mass is 280 g/mol. The molecule has 0 heterocycles. The summed E-state index contributed by atoms with van der Waals surface area (Å²) >= 11 is 0. The molecule has 0 amide bonds. The van der Waals surface area contributed by atoms with Crippen molar-refractivity contribution in [2.75, 3.05) is 27.7 Å². The van der Waals surface area contributed by atoms with Gasteiger partial charge in [-0.05, 0) is 5.92 Å². The lowest BCUT2D eigenvalue weighted by Crippen LogP contribution is -3.00. The number of nitrogens with zero attached hydrogens (tertiary/aromatic N) is 1. The molecule has 0 aromatic rings. The topological polar surface area (TPSA) is 66.4 Å². The Morgan fingerprint density at radius 3 is 2.00 bits per heavy atom. The van der Waals surface area contributed by atoms with E-state index in [-0.39, 0.29) is 30.7 Å². The Morgan fingerprint density at radius 2 is 1.67 bits per heavy atom. The first kappa shape index (κ1) is 19.5. The van der Waals surface area contributed by atoms with Crippen molar-refractivity contribution < 1.29 is 36.3 Å². The number of hydrogen-bond donors (Lipinski definition) is 0. The van der Waals surface area contributed by atoms with Crippen molar-refractivity contribution in [1.82, 2.24) is 0 Å². The Kier molecular flexibility index (Phi) is 9.03. The largest absolute Gasteiger partial charge is 1.00 e. The van der Waals surface area contributed by atoms with Gasteiger partial charge in [0.05, 0.1) is 21.1 Å². The molecule has 1 atom stereocenters. The van der Waals surface area contributed by atoms with Crippen molar-refractivity contribution >= 4 is 11.9 Å². The maximum Gasteiger partial charge on any atom is 0.306 e. The lowest BCUT2D eigenvalue weighted by atomic mass is 10.1. The van der Waals surface area contributed by atoms with E-state index in [2.05, 4.69) is 0 Å². The van der Waals surface area contributed by atoms with E-state index in [0.717, 1.165) is 0 Å². The minimum absolute atomic E-state index is 0. The Morgan fingerprint density at radius 1 is 1.17 bits per heavy atom. The van der Waals surface area contributed by atoms with Crippen molar-refractivity contribution in [3.05, 3.63) is 0 Å². The molecule has 0 rings (SSSR count). The second-order valence-electron chi connectivity index (χ2n) is 5.76. The zero-order valence-electron chi connectivity index (χ0n) is 11.7. The number of ether oxygens (including phenoxy) is 1. The smallest absolute Gasteiger partial charge is 0.306 e. The molecule has 108 valence electrons. The van der Waals surface area contributed by atoms with Crippen LogP contribution < -0.4 is 17.5 Å². The Hall–Kier alpha value is -0.810. The SMILES string of the molecule is CC(C)CC(=O)O[C@H](CC(=O)[O-])C[N+](C)(C)C.[Cl-]. The number of aliphatic carboxylic acids is 1. The van der Waals surface area contributed by atoms with Crippen molar-refractivity contribution in [3.63, 3.8) is 0 Å². The van der Waals surface area contributed by atoms with Crippen molar-refractivity contribution in [3.8, 4) is 0 Å². The second kappa shape index (κ2) is 8.32. The number of esters is 1. The molecule has 0 aromatic carbocycles. The van der Waals surface area contributed by atoms with Gasteiger partial charge in [-0.15, -0.1) is 0 Å². The minimum Gasteiger partial charge on any atom is -1.00 e. The fourth-order valence-electron chi connectivity index (χ4n) is 1.51. The molecule has 0 spiro atoms. The van der Waals surface area contributed by atoms with E-state index < -0.39 is 12.1 Å². The van der Waals surface area contributed by atoms with E-state index >= 15 is 0 Å². The predicted molar refractivity (Wildman–Crippen MR) is 61.9 cm³/mol. The molecule has 0 saturated carbocycles. The standard InChI is InChI=1S/C12H23NO4.ClH/c1-9(2)6-12(16)17-10(7-11(14)15)8-13(3,4)5;/h9-10H,6-8H2,1-5H3;1H/p-1/t10-;/m1./s1. The van der Waals surface area contributed by atoms with Crippen molar-refractivity contribution in [2.45, 2.75) is 32.8 Å². The molecule has 5 nitrogen and oxygen atoms in total. The van der Waals surface area contributed by atoms with E-state index in [9.17, 15) is 14.7 Å². The molecule has 0 aliphatic heterocycles. The number of carbonyl (C=O) groups is 2. The zero-order chi connectivity index (χ0) is 13.6. The molecule has 0 aliphatic rings. The van der Waals surface area contributed by atoms with Gasteiger partial charge in [0.15, 0.2) is 6.10 Å². The zero-order valence-corrected chi connectivity index (χ0v) is 12.5. The summed E-state index contributed by atoms with van der Waals surface area (Å²) in [6.07, 6.45) is -0.564. The van der Waals surface area contributed by atoms with E-state index in [1.807, 2.05) is 35.0 Å². The normalized spacial score (nSPS) is 12.8. The highest BCUT2D eigenvalue weighted by molar-refractivity contribution is 5.71. The van der Waals surface area contributed by atoms with Gasteiger partial charge >= 0.3 is 5.97 Å². The van der Waals surface area contributed by atoms with Gasteiger partial charge in [0.25, 0.3) is 0 Å². The van der Waals surface area contributed by atoms with E-state index in [1.54, 1.807) is 0 Å². The molecule has 0 aromatic heterocycles. The van der Waals surface area contributed by atoms with Crippen molar-refractivity contribution in [2.24, 2.45) is 5.92 Å². The van der Waals surface area contributed by atoms with Crippen LogP contribution in [0, 0.1) is 5.92 Å². The molecule has 18 heavy (non-hydrogen) atoms. The van der Waals surface area contributed by atoms with Gasteiger partial charge in [0.1, 0.15) is 6.54 Å². The van der Waals surface area contributed by atoms with Gasteiger partial charge < -0.3 is 31.5 Å². The average Bonchev–Trinajstić information content (AvgIpc) is 1.95. The molecule has 6 heteroatoms. The van der Waals surface area contributed by atoms with Gasteiger partial charge in [-0.2, -0.15) is 0 Å². The first-order valence-electron chi connectivity index (χ1n) is 5.80. The third-order valence-electron chi connectivity index (χ3n) is 2.02. The lowest BCUT2D eigenvalue weighted by molar-refractivity contribution is -0.873. The Labute approximate surface area is 115 Å². The summed E-state index contributed by atoms with van der Waals surface area (Å²) in [5.41, 5.74) is 0. The van der Waals surface area contributed by atoms with Crippen LogP contribution in [0.1, 0.15) is 26.7 Å². The molecule has 0 aliphatic carbocycles. The predicted octanol–water partition coefficient (Wildman–Crippen LogP) is -3.21. The molecular formula is C12H23ClNO4-. The maximum atomic E-state index is 11.5. The van der Waals surface area contributed by atoms with Gasteiger partial charge in [-0.3, -0.25) is 4.79 Å². The molecule has 0 N–H and O–H groups in total. The maximum absolute atomic E-state index is 11.5. The van der Waals surface area contributed by atoms with Gasteiger partial charge in [-0.1, -0.05) is 13.8 Å². The van der Waals surface area contributed by atoms with E-state index in [0.29, 0.717) is 17.4 Å². The van der Waals surface area contributed by atoms with Crippen LogP contribution >= 0.6 is 0 Å². The van der Waals surface area contributed by atoms with Gasteiger partial charge in [0, 0.05) is 18.8 Å².